The molecule has 0 spiro atoms. The van der Waals surface area contributed by atoms with Crippen LogP contribution in [0, 0.1) is 5.82 Å². The van der Waals surface area contributed by atoms with E-state index in [9.17, 15) is 9.50 Å². The van der Waals surface area contributed by atoms with Crippen molar-refractivity contribution >= 4 is 0 Å². The minimum atomic E-state index is -0.486. The van der Waals surface area contributed by atoms with Gasteiger partial charge in [-0.1, -0.05) is 0 Å². The van der Waals surface area contributed by atoms with E-state index in [-0.39, 0.29) is 11.9 Å². The van der Waals surface area contributed by atoms with Gasteiger partial charge in [-0.05, 0) is 24.3 Å². The highest BCUT2D eigenvalue weighted by molar-refractivity contribution is 5.22. The van der Waals surface area contributed by atoms with Gasteiger partial charge in [-0.3, -0.25) is 0 Å². The van der Waals surface area contributed by atoms with Crippen LogP contribution in [0.4, 0.5) is 4.39 Å². The fourth-order valence-corrected chi connectivity index (χ4v) is 1.45. The van der Waals surface area contributed by atoms with E-state index in [1.807, 2.05) is 0 Å². The minimum Gasteiger partial charge on any atom is -0.486 e. The van der Waals surface area contributed by atoms with Crippen molar-refractivity contribution in [2.45, 2.75) is 12.2 Å². The number of nitrogens with one attached hydrogen (secondary N) is 1. The lowest BCUT2D eigenvalue weighted by atomic mass is 10.2. The normalized spacial score (nSPS) is 26.4. The Morgan fingerprint density at radius 1 is 1.29 bits per heavy atom. The van der Waals surface area contributed by atoms with Crippen molar-refractivity contribution in [2.24, 2.45) is 0 Å². The Labute approximate surface area is 81.5 Å². The predicted molar refractivity (Wildman–Crippen MR) is 49.7 cm³/mol. The second kappa shape index (κ2) is 3.94. The lowest BCUT2D eigenvalue weighted by molar-refractivity contribution is 0.0737. The molecule has 0 aliphatic carbocycles. The van der Waals surface area contributed by atoms with Crippen molar-refractivity contribution in [2.75, 3.05) is 13.1 Å². The van der Waals surface area contributed by atoms with E-state index >= 15 is 0 Å². The molecule has 1 heterocycles. The van der Waals surface area contributed by atoms with Gasteiger partial charge in [0.2, 0.25) is 0 Å². The molecule has 1 aliphatic rings. The molecule has 2 rings (SSSR count). The topological polar surface area (TPSA) is 41.5 Å². The Hall–Kier alpha value is -1.13. The molecule has 0 unspecified atom stereocenters. The summed E-state index contributed by atoms with van der Waals surface area (Å²) in [6, 6.07) is 5.79. The van der Waals surface area contributed by atoms with E-state index < -0.39 is 6.10 Å². The summed E-state index contributed by atoms with van der Waals surface area (Å²) in [7, 11) is 0. The number of ether oxygens (including phenoxy) is 1. The van der Waals surface area contributed by atoms with Gasteiger partial charge >= 0.3 is 0 Å². The van der Waals surface area contributed by atoms with Crippen LogP contribution in [0.1, 0.15) is 0 Å². The standard InChI is InChI=1S/C10H12FNO2/c11-7-1-3-8(4-2-7)14-10-6-12-5-9(10)13/h1-4,9-10,12-13H,5-6H2/t9-,10+/m0/s1. The molecule has 1 fully saturated rings. The molecule has 1 aromatic carbocycles. The van der Waals surface area contributed by atoms with Crippen LogP contribution in [0.3, 0.4) is 0 Å². The highest BCUT2D eigenvalue weighted by Gasteiger charge is 2.26. The van der Waals surface area contributed by atoms with Crippen LogP contribution in [0.2, 0.25) is 0 Å². The Kier molecular flexibility index (Phi) is 2.65. The molecule has 0 bridgehead atoms. The van der Waals surface area contributed by atoms with Crippen LogP contribution in [-0.4, -0.2) is 30.4 Å². The molecule has 0 amide bonds. The maximum Gasteiger partial charge on any atom is 0.138 e. The van der Waals surface area contributed by atoms with Gasteiger partial charge in [-0.25, -0.2) is 4.39 Å². The molecule has 3 nitrogen and oxygen atoms in total. The fourth-order valence-electron chi connectivity index (χ4n) is 1.45. The van der Waals surface area contributed by atoms with Crippen molar-refractivity contribution in [1.82, 2.24) is 5.32 Å². The van der Waals surface area contributed by atoms with Gasteiger partial charge in [0.25, 0.3) is 0 Å². The van der Waals surface area contributed by atoms with Crippen LogP contribution in [0.25, 0.3) is 0 Å². The van der Waals surface area contributed by atoms with Crippen LogP contribution in [0.15, 0.2) is 24.3 Å². The number of aliphatic hydroxyl groups is 1. The quantitative estimate of drug-likeness (QED) is 0.727. The molecule has 14 heavy (non-hydrogen) atoms. The maximum atomic E-state index is 12.6. The van der Waals surface area contributed by atoms with Crippen molar-refractivity contribution < 1.29 is 14.2 Å². The summed E-state index contributed by atoms with van der Waals surface area (Å²) in [4.78, 5) is 0. The van der Waals surface area contributed by atoms with Gasteiger partial charge in [0, 0.05) is 13.1 Å². The lowest BCUT2D eigenvalue weighted by Crippen LogP contribution is -2.29. The molecule has 0 saturated carbocycles. The molecule has 1 saturated heterocycles. The minimum absolute atomic E-state index is 0.236. The van der Waals surface area contributed by atoms with Crippen LogP contribution < -0.4 is 10.1 Å². The van der Waals surface area contributed by atoms with Crippen LogP contribution in [0.5, 0.6) is 5.75 Å². The largest absolute Gasteiger partial charge is 0.486 e. The Bertz CT molecular complexity index is 301. The predicted octanol–water partition coefficient (Wildman–Crippen LogP) is 0.537. The van der Waals surface area contributed by atoms with Gasteiger partial charge in [0.05, 0.1) is 0 Å². The number of benzene rings is 1. The Balaban J connectivity index is 2.00. The van der Waals surface area contributed by atoms with Gasteiger partial charge in [-0.15, -0.1) is 0 Å². The van der Waals surface area contributed by atoms with Crippen molar-refractivity contribution in [3.05, 3.63) is 30.1 Å². The molecule has 1 aromatic rings. The second-order valence-corrected chi connectivity index (χ2v) is 3.34. The number of rotatable bonds is 2. The van der Waals surface area contributed by atoms with E-state index in [4.69, 9.17) is 4.74 Å². The molecule has 76 valence electrons. The van der Waals surface area contributed by atoms with Crippen LogP contribution in [-0.2, 0) is 0 Å². The summed E-state index contributed by atoms with van der Waals surface area (Å²) < 4.78 is 18.0. The number of β-amino-alcohol motifs (C(OH)–C–C–N with tert-alkyl or cyclic N) is 1. The molecular formula is C10H12FNO2. The van der Waals surface area contributed by atoms with Gasteiger partial charge in [-0.2, -0.15) is 0 Å². The molecule has 1 aliphatic heterocycles. The van der Waals surface area contributed by atoms with Gasteiger partial charge in [0.1, 0.15) is 23.8 Å². The van der Waals surface area contributed by atoms with E-state index in [1.165, 1.54) is 12.1 Å². The first-order chi connectivity index (χ1) is 6.75. The molecule has 2 atom stereocenters. The average Bonchev–Trinajstić information content (AvgIpc) is 2.56. The average molecular weight is 197 g/mol. The third-order valence-electron chi connectivity index (χ3n) is 2.23. The fraction of sp³-hybridized carbons (Fsp3) is 0.400. The number of aliphatic hydroxyl groups excluding tert-OH is 1. The number of hydrogen-bond donors (Lipinski definition) is 2. The summed E-state index contributed by atoms with van der Waals surface area (Å²) in [5, 5.41) is 12.4. The Morgan fingerprint density at radius 2 is 2.00 bits per heavy atom. The SMILES string of the molecule is O[C@H]1CNC[C@H]1Oc1ccc(F)cc1. The van der Waals surface area contributed by atoms with E-state index in [0.717, 1.165) is 0 Å². The first-order valence-electron chi connectivity index (χ1n) is 4.57. The zero-order chi connectivity index (χ0) is 9.97. The van der Waals surface area contributed by atoms with Crippen molar-refractivity contribution in [1.29, 1.82) is 0 Å². The summed E-state index contributed by atoms with van der Waals surface area (Å²) in [6.45, 7) is 1.17. The number of halogens is 1. The molecule has 2 N–H and O–H groups in total. The van der Waals surface area contributed by atoms with E-state index in [1.54, 1.807) is 12.1 Å². The molecule has 0 radical (unpaired) electrons. The number of hydrogen-bond acceptors (Lipinski definition) is 3. The molecular weight excluding hydrogens is 185 g/mol. The first-order valence-corrected chi connectivity index (χ1v) is 4.57. The van der Waals surface area contributed by atoms with Gasteiger partial charge in [0.15, 0.2) is 0 Å². The molecule has 4 heteroatoms. The van der Waals surface area contributed by atoms with E-state index in [0.29, 0.717) is 18.8 Å². The molecule has 0 aromatic heterocycles. The maximum absolute atomic E-state index is 12.6. The van der Waals surface area contributed by atoms with Crippen molar-refractivity contribution in [3.63, 3.8) is 0 Å². The van der Waals surface area contributed by atoms with Gasteiger partial charge < -0.3 is 15.2 Å². The third kappa shape index (κ3) is 2.02. The highest BCUT2D eigenvalue weighted by Crippen LogP contribution is 2.15. The van der Waals surface area contributed by atoms with Crippen molar-refractivity contribution in [3.8, 4) is 5.75 Å². The summed E-state index contributed by atoms with van der Waals surface area (Å²) in [5.74, 6) is 0.293. The zero-order valence-electron chi connectivity index (χ0n) is 7.61. The van der Waals surface area contributed by atoms with E-state index in [2.05, 4.69) is 5.32 Å². The second-order valence-electron chi connectivity index (χ2n) is 3.34. The Morgan fingerprint density at radius 3 is 2.57 bits per heavy atom. The summed E-state index contributed by atoms with van der Waals surface area (Å²) in [5.41, 5.74) is 0. The lowest BCUT2D eigenvalue weighted by Gasteiger charge is -2.15. The monoisotopic (exact) mass is 197 g/mol. The summed E-state index contributed by atoms with van der Waals surface area (Å²) in [6.07, 6.45) is -0.722. The smallest absolute Gasteiger partial charge is 0.138 e. The first kappa shape index (κ1) is 9.43. The third-order valence-corrected chi connectivity index (χ3v) is 2.23. The zero-order valence-corrected chi connectivity index (χ0v) is 7.61. The highest BCUT2D eigenvalue weighted by atomic mass is 19.1. The van der Waals surface area contributed by atoms with Crippen LogP contribution >= 0.6 is 0 Å². The summed E-state index contributed by atoms with van der Waals surface area (Å²) >= 11 is 0.